The molecule has 84 valence electrons. The Hall–Kier alpha value is -1.13. The Labute approximate surface area is 98.1 Å². The first-order chi connectivity index (χ1) is 7.83. The van der Waals surface area contributed by atoms with Crippen molar-refractivity contribution >= 4 is 27.2 Å². The minimum absolute atomic E-state index is 0.197. The predicted octanol–water partition coefficient (Wildman–Crippen LogP) is 2.62. The molecule has 2 unspecified atom stereocenters. The number of aliphatic hydroxyl groups excluding tert-OH is 1. The van der Waals surface area contributed by atoms with Crippen LogP contribution in [-0.2, 0) is 0 Å². The molecule has 0 spiro atoms. The molecule has 0 amide bonds. The summed E-state index contributed by atoms with van der Waals surface area (Å²) in [6.45, 7) is 0. The van der Waals surface area contributed by atoms with Crippen LogP contribution in [0, 0.1) is 0 Å². The summed E-state index contributed by atoms with van der Waals surface area (Å²) in [6.07, 6.45) is 2.89. The van der Waals surface area contributed by atoms with Crippen molar-refractivity contribution in [1.82, 2.24) is 4.98 Å². The molecule has 1 fully saturated rings. The fourth-order valence-corrected chi connectivity index (χ4v) is 2.98. The lowest BCUT2D eigenvalue weighted by molar-refractivity contribution is 0.172. The molecular weight excluding hydrogens is 220 g/mol. The van der Waals surface area contributed by atoms with Gasteiger partial charge in [-0.25, -0.2) is 4.98 Å². The minimum Gasteiger partial charge on any atom is -0.391 e. The van der Waals surface area contributed by atoms with Crippen molar-refractivity contribution < 1.29 is 5.11 Å². The zero-order valence-corrected chi connectivity index (χ0v) is 9.70. The van der Waals surface area contributed by atoms with E-state index in [9.17, 15) is 5.11 Å². The lowest BCUT2D eigenvalue weighted by atomic mass is 10.2. The average Bonchev–Trinajstić information content (AvgIpc) is 2.88. The number of nitrogens with one attached hydrogen (secondary N) is 1. The molecule has 2 aromatic rings. The molecular formula is C12H14N2OS. The molecule has 2 N–H and O–H groups in total. The molecule has 3 rings (SSSR count). The van der Waals surface area contributed by atoms with E-state index in [2.05, 4.69) is 16.4 Å². The number of aromatic nitrogens is 1. The van der Waals surface area contributed by atoms with Crippen molar-refractivity contribution in [3.8, 4) is 0 Å². The molecule has 0 saturated heterocycles. The number of benzene rings is 1. The maximum Gasteiger partial charge on any atom is 0.0813 e. The smallest absolute Gasteiger partial charge is 0.0813 e. The first-order valence-corrected chi connectivity index (χ1v) is 6.49. The molecule has 0 aliphatic heterocycles. The number of anilines is 1. The van der Waals surface area contributed by atoms with Gasteiger partial charge in [0, 0.05) is 5.69 Å². The van der Waals surface area contributed by atoms with E-state index in [0.29, 0.717) is 0 Å². The predicted molar refractivity (Wildman–Crippen MR) is 66.9 cm³/mol. The van der Waals surface area contributed by atoms with Gasteiger partial charge in [-0.05, 0) is 37.5 Å². The van der Waals surface area contributed by atoms with E-state index in [1.165, 1.54) is 4.70 Å². The first kappa shape index (κ1) is 10.1. The van der Waals surface area contributed by atoms with Crippen LogP contribution in [0.2, 0.25) is 0 Å². The fraction of sp³-hybridized carbons (Fsp3) is 0.417. The highest BCUT2D eigenvalue weighted by molar-refractivity contribution is 7.16. The zero-order valence-electron chi connectivity index (χ0n) is 8.89. The van der Waals surface area contributed by atoms with E-state index >= 15 is 0 Å². The average molecular weight is 234 g/mol. The van der Waals surface area contributed by atoms with Crippen molar-refractivity contribution in [2.45, 2.75) is 31.4 Å². The van der Waals surface area contributed by atoms with Crippen LogP contribution in [0.3, 0.4) is 0 Å². The van der Waals surface area contributed by atoms with Crippen molar-refractivity contribution in [3.63, 3.8) is 0 Å². The molecule has 0 bridgehead atoms. The van der Waals surface area contributed by atoms with Crippen LogP contribution in [-0.4, -0.2) is 22.2 Å². The van der Waals surface area contributed by atoms with Gasteiger partial charge < -0.3 is 10.4 Å². The summed E-state index contributed by atoms with van der Waals surface area (Å²) < 4.78 is 1.19. The van der Waals surface area contributed by atoms with E-state index in [4.69, 9.17) is 0 Å². The highest BCUT2D eigenvalue weighted by atomic mass is 32.1. The summed E-state index contributed by atoms with van der Waals surface area (Å²) in [4.78, 5) is 4.25. The van der Waals surface area contributed by atoms with Gasteiger partial charge in [-0.3, -0.25) is 0 Å². The standard InChI is InChI=1S/C12H14N2OS/c15-11-3-1-2-9(11)14-8-4-5-10-12(6-8)16-7-13-10/h4-7,9,11,14-15H,1-3H2. The molecule has 1 heterocycles. The molecule has 1 aliphatic carbocycles. The Bertz CT molecular complexity index is 496. The first-order valence-electron chi connectivity index (χ1n) is 5.61. The molecule has 1 aromatic carbocycles. The third-order valence-corrected chi connectivity index (χ3v) is 3.95. The summed E-state index contributed by atoms with van der Waals surface area (Å²) >= 11 is 1.65. The van der Waals surface area contributed by atoms with E-state index in [1.807, 2.05) is 17.6 Å². The van der Waals surface area contributed by atoms with Crippen LogP contribution in [0.15, 0.2) is 23.7 Å². The van der Waals surface area contributed by atoms with Gasteiger partial charge in [-0.15, -0.1) is 11.3 Å². The van der Waals surface area contributed by atoms with Gasteiger partial charge in [-0.2, -0.15) is 0 Å². The molecule has 16 heavy (non-hydrogen) atoms. The van der Waals surface area contributed by atoms with Crippen LogP contribution >= 0.6 is 11.3 Å². The van der Waals surface area contributed by atoms with Crippen molar-refractivity contribution in [2.24, 2.45) is 0 Å². The number of thiazole rings is 1. The fourth-order valence-electron chi connectivity index (χ4n) is 2.27. The Morgan fingerprint density at radius 1 is 1.38 bits per heavy atom. The second-order valence-corrected chi connectivity index (χ2v) is 5.17. The Morgan fingerprint density at radius 2 is 2.31 bits per heavy atom. The lowest BCUT2D eigenvalue weighted by Crippen LogP contribution is -2.27. The number of fused-ring (bicyclic) bond motifs is 1. The van der Waals surface area contributed by atoms with Gasteiger partial charge in [0.15, 0.2) is 0 Å². The highest BCUT2D eigenvalue weighted by Gasteiger charge is 2.24. The van der Waals surface area contributed by atoms with E-state index in [0.717, 1.165) is 30.5 Å². The van der Waals surface area contributed by atoms with Gasteiger partial charge in [0.25, 0.3) is 0 Å². The summed E-state index contributed by atoms with van der Waals surface area (Å²) in [5.74, 6) is 0. The van der Waals surface area contributed by atoms with Crippen molar-refractivity contribution in [3.05, 3.63) is 23.7 Å². The maximum atomic E-state index is 9.75. The zero-order chi connectivity index (χ0) is 11.0. The second-order valence-electron chi connectivity index (χ2n) is 4.28. The number of hydrogen-bond acceptors (Lipinski definition) is 4. The number of aliphatic hydroxyl groups is 1. The van der Waals surface area contributed by atoms with Gasteiger partial charge in [0.05, 0.1) is 27.9 Å². The third-order valence-electron chi connectivity index (χ3n) is 3.16. The molecule has 2 atom stereocenters. The Kier molecular flexibility index (Phi) is 2.53. The SMILES string of the molecule is OC1CCCC1Nc1ccc2ncsc2c1. The van der Waals surface area contributed by atoms with Crippen LogP contribution in [0.5, 0.6) is 0 Å². The minimum atomic E-state index is -0.197. The quantitative estimate of drug-likeness (QED) is 0.839. The molecule has 3 nitrogen and oxygen atoms in total. The largest absolute Gasteiger partial charge is 0.391 e. The van der Waals surface area contributed by atoms with Crippen molar-refractivity contribution in [1.29, 1.82) is 0 Å². The molecule has 1 aromatic heterocycles. The van der Waals surface area contributed by atoms with Crippen molar-refractivity contribution in [2.75, 3.05) is 5.32 Å². The van der Waals surface area contributed by atoms with Crippen LogP contribution in [0.25, 0.3) is 10.2 Å². The second kappa shape index (κ2) is 4.03. The molecule has 0 radical (unpaired) electrons. The Balaban J connectivity index is 1.83. The number of rotatable bonds is 2. The van der Waals surface area contributed by atoms with E-state index < -0.39 is 0 Å². The third kappa shape index (κ3) is 1.79. The topological polar surface area (TPSA) is 45.1 Å². The van der Waals surface area contributed by atoms with Gasteiger partial charge in [0.1, 0.15) is 0 Å². The number of nitrogens with zero attached hydrogens (tertiary/aromatic N) is 1. The van der Waals surface area contributed by atoms with E-state index in [-0.39, 0.29) is 12.1 Å². The number of hydrogen-bond donors (Lipinski definition) is 2. The molecule has 1 aliphatic rings. The molecule has 1 saturated carbocycles. The monoisotopic (exact) mass is 234 g/mol. The molecule has 4 heteroatoms. The lowest BCUT2D eigenvalue weighted by Gasteiger charge is -2.17. The van der Waals surface area contributed by atoms with Gasteiger partial charge in [0.2, 0.25) is 0 Å². The summed E-state index contributed by atoms with van der Waals surface area (Å²) in [5, 5.41) is 13.2. The van der Waals surface area contributed by atoms with Gasteiger partial charge in [-0.1, -0.05) is 0 Å². The van der Waals surface area contributed by atoms with Crippen LogP contribution in [0.1, 0.15) is 19.3 Å². The van der Waals surface area contributed by atoms with Crippen LogP contribution in [0.4, 0.5) is 5.69 Å². The summed E-state index contributed by atoms with van der Waals surface area (Å²) in [7, 11) is 0. The summed E-state index contributed by atoms with van der Waals surface area (Å²) in [5.41, 5.74) is 3.99. The Morgan fingerprint density at radius 3 is 3.12 bits per heavy atom. The van der Waals surface area contributed by atoms with Gasteiger partial charge >= 0.3 is 0 Å². The van der Waals surface area contributed by atoms with E-state index in [1.54, 1.807) is 11.3 Å². The van der Waals surface area contributed by atoms with Crippen LogP contribution < -0.4 is 5.32 Å². The normalized spacial score (nSPS) is 25.1. The highest BCUT2D eigenvalue weighted by Crippen LogP contribution is 2.26. The summed E-state index contributed by atoms with van der Waals surface area (Å²) in [6, 6.07) is 6.38. The maximum absolute atomic E-state index is 9.75.